The number of carboxylic acid groups (broad SMARTS) is 4. The molecule has 102 heavy (non-hydrogen) atoms. The Hall–Kier alpha value is -10.7. The van der Waals surface area contributed by atoms with Gasteiger partial charge in [0.1, 0.15) is 0 Å². The number of nitrogens with zero attached hydrogens (tertiary/aromatic N) is 8. The number of benzene rings is 4. The minimum absolute atomic E-state index is 0. The quantitative estimate of drug-likeness (QED) is 0.104. The van der Waals surface area contributed by atoms with Crippen molar-refractivity contribution in [2.24, 2.45) is 0 Å². The van der Waals surface area contributed by atoms with Gasteiger partial charge in [0.15, 0.2) is 0 Å². The molecule has 0 saturated heterocycles. The predicted octanol–water partition coefficient (Wildman–Crippen LogP) is -3.77. The summed E-state index contributed by atoms with van der Waals surface area (Å²) in [5.74, 6) is -7.75. The fourth-order valence-corrected chi connectivity index (χ4v) is 6.66. The normalized spacial score (nSPS) is 8.16. The summed E-state index contributed by atoms with van der Waals surface area (Å²) in [5.41, 5.74) is 6.16. The molecule has 4 aromatic carbocycles. The van der Waals surface area contributed by atoms with Crippen LogP contribution in [0, 0.1) is 0 Å². The van der Waals surface area contributed by atoms with Crippen molar-refractivity contribution >= 4 is 23.9 Å². The van der Waals surface area contributed by atoms with Gasteiger partial charge in [-0.3, -0.25) is 39.9 Å². The molecule has 0 radical (unpaired) electrons. The SMILES string of the molecule is O.O.O.O.O=C([O-])c1ccccc1[O-].O=C([O-])c1ccccc1[O-].O=C([O-])c1ccccc1[O-].O=C([O-])c1ccccc1[O-].[OH3+].[OH3+].[OH3+].[OH3+].[OH3+].[OH3+].[Zn].[Zn].[Zn].[Zn].c1ccc(-c2ccccn2)nc1.c1ccc(-c2ccccn2)nc1.c1ccc(-c2ccccn2)nc1.c1ccc(-c2ccccn2)nc1. The standard InChI is InChI=1S/4C10H8N2.4C7H6O3.10H2O.4Zn/c4*1-3-7-11-9(5-1)10-6-2-4-8-12-10;4*8-6-4-2-1-3-5(6)7(9)10;;;;;;;;;;;;;;/h4*1-8H;4*1-4,8H,(H,9,10);10*1H2;;;;/p-2. The van der Waals surface area contributed by atoms with Crippen LogP contribution in [0.2, 0.25) is 0 Å². The van der Waals surface area contributed by atoms with Gasteiger partial charge in [-0.1, -0.05) is 169 Å². The van der Waals surface area contributed by atoms with Gasteiger partial charge in [0.05, 0.1) is 69.4 Å². The van der Waals surface area contributed by atoms with Gasteiger partial charge in [0.2, 0.25) is 0 Å². The van der Waals surface area contributed by atoms with E-state index < -0.39 is 46.9 Å². The van der Waals surface area contributed by atoms with Crippen molar-refractivity contribution in [3.8, 4) is 68.5 Å². The molecule has 8 aromatic heterocycles. The monoisotopic (exact) mass is 1610 g/mol. The fraction of sp³-hybridized carbons (Fsp3) is 0. The van der Waals surface area contributed by atoms with E-state index in [1.165, 1.54) is 97.1 Å². The Labute approximate surface area is 635 Å². The maximum absolute atomic E-state index is 10.6. The Morgan fingerprint density at radius 2 is 0.304 bits per heavy atom. The maximum Gasteiger partial charge on any atom is 0.0886 e. The molecule has 0 spiro atoms. The second kappa shape index (κ2) is 64.9. The first-order valence-electron chi connectivity index (χ1n) is 25.9. The van der Waals surface area contributed by atoms with Gasteiger partial charge >= 0.3 is 0 Å². The molecule has 0 amide bonds. The zero-order valence-corrected chi connectivity index (χ0v) is 66.4. The van der Waals surface area contributed by atoms with E-state index in [9.17, 15) is 60.0 Å². The summed E-state index contributed by atoms with van der Waals surface area (Å²) in [6, 6.07) is 67.8. The van der Waals surface area contributed by atoms with E-state index in [1.54, 1.807) is 49.6 Å². The first-order valence-corrected chi connectivity index (χ1v) is 25.9. The zero-order chi connectivity index (χ0) is 63.1. The number of aromatic carboxylic acids is 4. The third-order valence-corrected chi connectivity index (χ3v) is 10.8. The van der Waals surface area contributed by atoms with Crippen molar-refractivity contribution in [3.63, 3.8) is 0 Å². The zero-order valence-electron chi connectivity index (χ0n) is 54.5. The third-order valence-electron chi connectivity index (χ3n) is 10.8. The molecule has 34 heteroatoms. The first-order chi connectivity index (χ1) is 42.7. The van der Waals surface area contributed by atoms with Gasteiger partial charge in [-0.05, 0) is 119 Å². The molecule has 0 bridgehead atoms. The van der Waals surface area contributed by atoms with Crippen LogP contribution >= 0.6 is 0 Å². The number of pyridine rings is 8. The molecule has 0 saturated carbocycles. The van der Waals surface area contributed by atoms with Gasteiger partial charge in [-0.25, -0.2) is 0 Å². The Bertz CT molecular complexity index is 3350. The first kappa shape index (κ1) is 113. The third kappa shape index (κ3) is 41.6. The summed E-state index contributed by atoms with van der Waals surface area (Å²) < 4.78 is 0. The number of carbonyl (C=O) groups excluding carboxylic acids is 4. The second-order valence-electron chi connectivity index (χ2n) is 16.9. The maximum atomic E-state index is 10.6. The van der Waals surface area contributed by atoms with Crippen LogP contribution in [0.25, 0.3) is 45.6 Å². The van der Waals surface area contributed by atoms with Gasteiger partial charge in [0, 0.05) is 127 Å². The van der Waals surface area contributed by atoms with E-state index in [2.05, 4.69) is 39.9 Å². The van der Waals surface area contributed by atoms with Crippen molar-refractivity contribution < 1.29 is 193 Å². The number of aromatic nitrogens is 8. The van der Waals surface area contributed by atoms with E-state index in [0.717, 1.165) is 45.6 Å². The van der Waals surface area contributed by atoms with E-state index in [1.807, 2.05) is 146 Å². The van der Waals surface area contributed by atoms with Crippen molar-refractivity contribution in [3.05, 3.63) is 314 Å². The molecule has 12 aromatic rings. The van der Waals surface area contributed by atoms with Crippen LogP contribution in [0.4, 0.5) is 0 Å². The molecule has 0 aliphatic rings. The van der Waals surface area contributed by atoms with E-state index in [0.29, 0.717) is 0 Å². The number of carboxylic acids is 4. The van der Waals surface area contributed by atoms with E-state index >= 15 is 0 Å². The van der Waals surface area contributed by atoms with Crippen LogP contribution in [-0.2, 0) is 111 Å². The van der Waals surface area contributed by atoms with E-state index in [-0.39, 0.29) is 155 Å². The van der Waals surface area contributed by atoms with Crippen molar-refractivity contribution in [2.45, 2.75) is 0 Å². The Kier molecular flexibility index (Phi) is 71.6. The molecule has 26 N–H and O–H groups in total. The Balaban J connectivity index is -0.000000116. The molecule has 0 aliphatic carbocycles. The molecule has 0 aliphatic heterocycles. The van der Waals surface area contributed by atoms with Gasteiger partial charge < -0.3 is 115 Å². The molecule has 0 unspecified atom stereocenters. The summed E-state index contributed by atoms with van der Waals surface area (Å²) in [7, 11) is 0. The van der Waals surface area contributed by atoms with Crippen LogP contribution in [0.3, 0.4) is 0 Å². The smallest absolute Gasteiger partial charge is 0.0886 e. The van der Waals surface area contributed by atoms with Crippen LogP contribution in [0.1, 0.15) is 41.4 Å². The van der Waals surface area contributed by atoms with Gasteiger partial charge in [-0.2, -0.15) is 0 Å². The van der Waals surface area contributed by atoms with Crippen LogP contribution in [0.5, 0.6) is 23.0 Å². The number of carbonyl (C=O) groups is 4. The summed E-state index contributed by atoms with van der Waals surface area (Å²) in [6.45, 7) is 0. The molecule has 0 fully saturated rings. The average molecular weight is 1620 g/mol. The molecule has 8 heterocycles. The Morgan fingerprint density at radius 3 is 0.382 bits per heavy atom. The molecule has 30 nitrogen and oxygen atoms in total. The summed E-state index contributed by atoms with van der Waals surface area (Å²) in [4.78, 5) is 73.9. The molecule has 528 valence electrons. The van der Waals surface area contributed by atoms with Crippen molar-refractivity contribution in [1.29, 1.82) is 0 Å². The number of hydrogen-bond acceptors (Lipinski definition) is 20. The molecule has 0 atom stereocenters. The number of hydrogen-bond donors (Lipinski definition) is 0. The minimum atomic E-state index is -1.43. The Morgan fingerprint density at radius 1 is 0.196 bits per heavy atom. The predicted molar refractivity (Wildman–Crippen MR) is 354 cm³/mol. The average Bonchev–Trinajstić information content (AvgIpc) is 0.953. The molecular formula is C68H74N8O22Zn4-2. The van der Waals surface area contributed by atoms with E-state index in [4.69, 9.17) is 0 Å². The number of rotatable bonds is 8. The summed E-state index contributed by atoms with van der Waals surface area (Å²) in [6.07, 6.45) is 14.1. The molecular weight excluding hydrogens is 1540 g/mol. The fourth-order valence-electron chi connectivity index (χ4n) is 6.66. The van der Waals surface area contributed by atoms with Crippen LogP contribution < -0.4 is 40.9 Å². The van der Waals surface area contributed by atoms with Gasteiger partial charge in [0.25, 0.3) is 0 Å². The van der Waals surface area contributed by atoms with Crippen molar-refractivity contribution in [2.75, 3.05) is 0 Å². The topological polar surface area (TPSA) is 680 Å². The summed E-state index contributed by atoms with van der Waals surface area (Å²) >= 11 is 0. The number of para-hydroxylation sites is 4. The minimum Gasteiger partial charge on any atom is -0.872 e. The van der Waals surface area contributed by atoms with Crippen LogP contribution in [-0.4, -0.2) is 85.7 Å². The second-order valence-corrected chi connectivity index (χ2v) is 16.9. The van der Waals surface area contributed by atoms with Gasteiger partial charge in [-0.15, -0.1) is 0 Å². The summed E-state index contributed by atoms with van der Waals surface area (Å²) in [5, 5.41) is 83.0. The largest absolute Gasteiger partial charge is 0.872 e. The van der Waals surface area contributed by atoms with Crippen LogP contribution in [0.15, 0.2) is 292 Å². The van der Waals surface area contributed by atoms with Crippen molar-refractivity contribution in [1.82, 2.24) is 39.9 Å². The molecule has 12 rings (SSSR count).